The maximum Gasteiger partial charge on any atom is 0.253 e. The molecule has 1 aromatic carbocycles. The molecule has 1 aliphatic rings. The van der Waals surface area contributed by atoms with E-state index in [0.717, 1.165) is 31.4 Å². The number of benzene rings is 1. The summed E-state index contributed by atoms with van der Waals surface area (Å²) in [6.45, 7) is 3.41. The monoisotopic (exact) mass is 316 g/mol. The minimum atomic E-state index is -3.78. The van der Waals surface area contributed by atoms with Gasteiger partial charge >= 0.3 is 0 Å². The van der Waals surface area contributed by atoms with Crippen LogP contribution < -0.4 is 4.83 Å². The first-order valence-corrected chi connectivity index (χ1v) is 8.53. The predicted octanol–water partition coefficient (Wildman–Crippen LogP) is 1.77. The Morgan fingerprint density at radius 2 is 1.95 bits per heavy atom. The van der Waals surface area contributed by atoms with Crippen LogP contribution in [-0.4, -0.2) is 30.6 Å². The van der Waals surface area contributed by atoms with Crippen molar-refractivity contribution in [2.24, 2.45) is 0 Å². The van der Waals surface area contributed by atoms with E-state index in [2.05, 4.69) is 4.83 Å². The summed E-state index contributed by atoms with van der Waals surface area (Å²) < 4.78 is 38.2. The van der Waals surface area contributed by atoms with Gasteiger partial charge in [0.1, 0.15) is 5.82 Å². The topological polar surface area (TPSA) is 69.6 Å². The van der Waals surface area contributed by atoms with Crippen molar-refractivity contribution in [1.82, 2.24) is 9.84 Å². The quantitative estimate of drug-likeness (QED) is 0.888. The van der Waals surface area contributed by atoms with Crippen molar-refractivity contribution < 1.29 is 17.9 Å². The summed E-state index contributed by atoms with van der Waals surface area (Å²) in [7, 11) is -3.78. The van der Waals surface area contributed by atoms with Crippen LogP contribution in [-0.2, 0) is 16.6 Å². The second-order valence-electron chi connectivity index (χ2n) is 5.54. The van der Waals surface area contributed by atoms with Gasteiger partial charge in [0, 0.05) is 17.6 Å². The maximum atomic E-state index is 13.4. The van der Waals surface area contributed by atoms with E-state index in [-0.39, 0.29) is 22.5 Å². The zero-order chi connectivity index (χ0) is 15.6. The van der Waals surface area contributed by atoms with Crippen molar-refractivity contribution in [3.05, 3.63) is 29.6 Å². The lowest BCUT2D eigenvalue weighted by molar-refractivity contribution is 0.0790. The van der Waals surface area contributed by atoms with Crippen LogP contribution in [0.25, 0.3) is 0 Å². The van der Waals surface area contributed by atoms with Crippen molar-refractivity contribution in [1.29, 1.82) is 0 Å². The Morgan fingerprint density at radius 1 is 1.33 bits per heavy atom. The van der Waals surface area contributed by atoms with Gasteiger partial charge in [-0.1, -0.05) is 6.42 Å². The number of nitrogens with one attached hydrogen (secondary N) is 1. The number of nitrogens with zero attached hydrogens (tertiary/aromatic N) is 1. The molecule has 7 heteroatoms. The van der Waals surface area contributed by atoms with Crippen molar-refractivity contribution in [2.75, 3.05) is 0 Å². The molecule has 0 amide bonds. The third-order valence-electron chi connectivity index (χ3n) is 3.92. The lowest BCUT2D eigenvalue weighted by Gasteiger charge is -2.38. The molecule has 1 fully saturated rings. The number of hydrogen-bond donors (Lipinski definition) is 2. The fraction of sp³-hybridized carbons (Fsp3) is 0.571. The Hall–Kier alpha value is -1.02. The highest BCUT2D eigenvalue weighted by molar-refractivity contribution is 7.89. The Morgan fingerprint density at radius 3 is 2.52 bits per heavy atom. The molecule has 1 saturated heterocycles. The molecule has 1 heterocycles. The van der Waals surface area contributed by atoms with Crippen LogP contribution >= 0.6 is 0 Å². The normalized spacial score (nSPS) is 24.2. The Kier molecular flexibility index (Phi) is 4.98. The first-order chi connectivity index (χ1) is 9.85. The number of aliphatic hydroxyl groups is 1. The summed E-state index contributed by atoms with van der Waals surface area (Å²) in [5.74, 6) is -0.615. The molecule has 0 spiro atoms. The molecule has 2 atom stereocenters. The zero-order valence-corrected chi connectivity index (χ0v) is 13.0. The first kappa shape index (κ1) is 16.4. The second-order valence-corrected chi connectivity index (χ2v) is 7.20. The molecule has 0 aliphatic carbocycles. The molecule has 0 saturated carbocycles. The Labute approximate surface area is 124 Å². The molecule has 0 bridgehead atoms. The van der Waals surface area contributed by atoms with E-state index in [0.29, 0.717) is 0 Å². The molecule has 2 unspecified atom stereocenters. The maximum absolute atomic E-state index is 13.4. The molecule has 0 radical (unpaired) electrons. The molecule has 1 aromatic rings. The van der Waals surface area contributed by atoms with Gasteiger partial charge in [0.05, 0.1) is 11.5 Å². The van der Waals surface area contributed by atoms with Crippen LogP contribution in [0.5, 0.6) is 0 Å². The summed E-state index contributed by atoms with van der Waals surface area (Å²) in [5, 5.41) is 10.8. The van der Waals surface area contributed by atoms with Gasteiger partial charge in [0.2, 0.25) is 0 Å². The van der Waals surface area contributed by atoms with Gasteiger partial charge in [-0.05, 0) is 44.9 Å². The summed E-state index contributed by atoms with van der Waals surface area (Å²) in [4.78, 5) is 2.54. The highest BCUT2D eigenvalue weighted by atomic mass is 32.2. The lowest BCUT2D eigenvalue weighted by atomic mass is 10.0. The second kappa shape index (κ2) is 6.39. The summed E-state index contributed by atoms with van der Waals surface area (Å²) in [6.07, 6.45) is 2.93. The third-order valence-corrected chi connectivity index (χ3v) is 5.24. The predicted molar refractivity (Wildman–Crippen MR) is 77.3 cm³/mol. The summed E-state index contributed by atoms with van der Waals surface area (Å²) >= 11 is 0. The average molecular weight is 316 g/mol. The van der Waals surface area contributed by atoms with Gasteiger partial charge in [-0.15, -0.1) is 4.83 Å². The molecule has 2 rings (SSSR count). The van der Waals surface area contributed by atoms with Crippen LogP contribution in [0.1, 0.15) is 38.7 Å². The summed E-state index contributed by atoms with van der Waals surface area (Å²) in [5.41, 5.74) is -0.0300. The van der Waals surface area contributed by atoms with Gasteiger partial charge in [0.15, 0.2) is 0 Å². The smallest absolute Gasteiger partial charge is 0.253 e. The number of hydrazine groups is 1. The fourth-order valence-corrected chi connectivity index (χ4v) is 3.92. The van der Waals surface area contributed by atoms with Gasteiger partial charge in [-0.2, -0.15) is 0 Å². The van der Waals surface area contributed by atoms with E-state index < -0.39 is 22.4 Å². The highest BCUT2D eigenvalue weighted by Crippen LogP contribution is 2.22. The molecular formula is C14H21FN2O3S. The van der Waals surface area contributed by atoms with Crippen LogP contribution in [0, 0.1) is 5.82 Å². The minimum Gasteiger partial charge on any atom is -0.392 e. The van der Waals surface area contributed by atoms with Gasteiger partial charge in [-0.25, -0.2) is 17.8 Å². The SMILES string of the molecule is CC1CCCC(C)N1NS(=O)(=O)c1ccc(F)c(CO)c1. The van der Waals surface area contributed by atoms with E-state index in [1.54, 1.807) is 5.01 Å². The van der Waals surface area contributed by atoms with Crippen molar-refractivity contribution >= 4 is 10.0 Å². The third kappa shape index (κ3) is 3.60. The van der Waals surface area contributed by atoms with Crippen molar-refractivity contribution in [3.63, 3.8) is 0 Å². The van der Waals surface area contributed by atoms with Crippen LogP contribution in [0.2, 0.25) is 0 Å². The van der Waals surface area contributed by atoms with Crippen molar-refractivity contribution in [3.8, 4) is 0 Å². The van der Waals surface area contributed by atoms with Gasteiger partial charge in [0.25, 0.3) is 10.0 Å². The van der Waals surface area contributed by atoms with Crippen LogP contribution in [0.15, 0.2) is 23.1 Å². The van der Waals surface area contributed by atoms with Crippen LogP contribution in [0.4, 0.5) is 4.39 Å². The average Bonchev–Trinajstić information content (AvgIpc) is 2.43. The molecule has 2 N–H and O–H groups in total. The molecular weight excluding hydrogens is 295 g/mol. The molecule has 0 aromatic heterocycles. The molecule has 118 valence electrons. The van der Waals surface area contributed by atoms with E-state index in [1.165, 1.54) is 6.07 Å². The van der Waals surface area contributed by atoms with E-state index in [9.17, 15) is 12.8 Å². The largest absolute Gasteiger partial charge is 0.392 e. The Bertz CT molecular complexity index is 596. The van der Waals surface area contributed by atoms with Crippen LogP contribution in [0.3, 0.4) is 0 Å². The number of sulfonamides is 1. The number of aliphatic hydroxyl groups excluding tert-OH is 1. The number of halogens is 1. The highest BCUT2D eigenvalue weighted by Gasteiger charge is 2.29. The minimum absolute atomic E-state index is 0.0300. The standard InChI is InChI=1S/C14H21FN2O3S/c1-10-4-3-5-11(2)17(10)16-21(19,20)13-6-7-14(15)12(8-13)9-18/h6-8,10-11,16,18H,3-5,9H2,1-2H3. The first-order valence-electron chi connectivity index (χ1n) is 7.05. The molecule has 1 aliphatic heterocycles. The number of hydrogen-bond acceptors (Lipinski definition) is 4. The molecule has 5 nitrogen and oxygen atoms in total. The number of piperidine rings is 1. The van der Waals surface area contributed by atoms with Gasteiger partial charge in [-0.3, -0.25) is 0 Å². The van der Waals surface area contributed by atoms with E-state index >= 15 is 0 Å². The summed E-state index contributed by atoms with van der Waals surface area (Å²) in [6, 6.07) is 3.65. The molecule has 21 heavy (non-hydrogen) atoms. The number of rotatable bonds is 4. The zero-order valence-electron chi connectivity index (χ0n) is 12.2. The van der Waals surface area contributed by atoms with Gasteiger partial charge < -0.3 is 5.11 Å². The van der Waals surface area contributed by atoms with E-state index in [1.807, 2.05) is 13.8 Å². The van der Waals surface area contributed by atoms with E-state index in [4.69, 9.17) is 5.11 Å². The Balaban J connectivity index is 2.25. The van der Waals surface area contributed by atoms with Crippen molar-refractivity contribution in [2.45, 2.75) is 56.7 Å². The fourth-order valence-electron chi connectivity index (χ4n) is 2.63. The lowest BCUT2D eigenvalue weighted by Crippen LogP contribution is -2.53.